The lowest BCUT2D eigenvalue weighted by Gasteiger charge is -2.31. The molecule has 4 nitrogen and oxygen atoms in total. The summed E-state index contributed by atoms with van der Waals surface area (Å²) in [5.74, 6) is 0. The second kappa shape index (κ2) is 5.18. The minimum absolute atomic E-state index is 0.196. The fourth-order valence-corrected chi connectivity index (χ4v) is 3.11. The van der Waals surface area contributed by atoms with Crippen molar-refractivity contribution in [2.75, 3.05) is 20.3 Å². The van der Waals surface area contributed by atoms with Crippen molar-refractivity contribution in [1.29, 1.82) is 0 Å². The van der Waals surface area contributed by atoms with Gasteiger partial charge in [0, 0.05) is 5.57 Å². The van der Waals surface area contributed by atoms with E-state index in [1.165, 1.54) is 5.57 Å². The van der Waals surface area contributed by atoms with Crippen molar-refractivity contribution >= 4 is 12.7 Å². The highest BCUT2D eigenvalue weighted by molar-refractivity contribution is 6.57. The number of likely N-dealkylation sites (N-methyl/N-ethyl adjacent to an activating group) is 1. The summed E-state index contributed by atoms with van der Waals surface area (Å²) in [5.41, 5.74) is 5.74. The zero-order chi connectivity index (χ0) is 14.2. The number of rotatable bonds is 2. The zero-order valence-electron chi connectivity index (χ0n) is 11.8. The van der Waals surface area contributed by atoms with E-state index in [-0.39, 0.29) is 13.3 Å². The van der Waals surface area contributed by atoms with E-state index >= 15 is 0 Å². The minimum Gasteiger partial charge on any atom is -0.497 e. The average Bonchev–Trinajstić information content (AvgIpc) is 2.81. The van der Waals surface area contributed by atoms with Crippen molar-refractivity contribution < 1.29 is 14.0 Å². The molecule has 1 N–H and O–H groups in total. The Labute approximate surface area is 124 Å². The van der Waals surface area contributed by atoms with Crippen molar-refractivity contribution in [2.24, 2.45) is 0 Å². The maximum absolute atomic E-state index is 6.08. The Kier molecular flexibility index (Phi) is 3.18. The van der Waals surface area contributed by atoms with Gasteiger partial charge < -0.3 is 14.0 Å². The maximum atomic E-state index is 6.08. The monoisotopic (exact) mass is 281 g/mol. The molecule has 0 unspecified atom stereocenters. The Morgan fingerprint density at radius 2 is 2.05 bits per heavy atom. The van der Waals surface area contributed by atoms with Gasteiger partial charge in [-0.1, -0.05) is 30.3 Å². The normalized spacial score (nSPS) is 24.0. The van der Waals surface area contributed by atoms with Crippen LogP contribution in [0.1, 0.15) is 5.56 Å². The van der Waals surface area contributed by atoms with Gasteiger partial charge in [0.25, 0.3) is 0 Å². The molecule has 0 radical (unpaired) electrons. The molecule has 1 aromatic rings. The molecule has 0 saturated heterocycles. The third-order valence-corrected chi connectivity index (χ3v) is 4.06. The summed E-state index contributed by atoms with van der Waals surface area (Å²) < 4.78 is 17.4. The Bertz CT molecular complexity index is 651. The van der Waals surface area contributed by atoms with Gasteiger partial charge in [0.1, 0.15) is 12.8 Å². The van der Waals surface area contributed by atoms with Crippen molar-refractivity contribution in [3.63, 3.8) is 0 Å². The Morgan fingerprint density at radius 3 is 2.86 bits per heavy atom. The van der Waals surface area contributed by atoms with Crippen LogP contribution in [0.15, 0.2) is 59.3 Å². The van der Waals surface area contributed by atoms with Gasteiger partial charge in [-0.05, 0) is 35.3 Å². The van der Waals surface area contributed by atoms with Crippen LogP contribution in [0.4, 0.5) is 0 Å². The van der Waals surface area contributed by atoms with E-state index in [1.807, 2.05) is 31.3 Å². The Balaban J connectivity index is 1.95. The van der Waals surface area contributed by atoms with E-state index in [2.05, 4.69) is 17.4 Å². The van der Waals surface area contributed by atoms with E-state index < -0.39 is 0 Å². The summed E-state index contributed by atoms with van der Waals surface area (Å²) in [5, 5.41) is 3.23. The van der Waals surface area contributed by atoms with Crippen LogP contribution >= 0.6 is 0 Å². The lowest BCUT2D eigenvalue weighted by atomic mass is 9.68. The molecule has 0 aliphatic carbocycles. The molecule has 1 atom stereocenters. The topological polar surface area (TPSA) is 39.7 Å². The number of hydrogen-bond donors (Lipinski definition) is 1. The van der Waals surface area contributed by atoms with Crippen molar-refractivity contribution in [2.45, 2.75) is 6.23 Å². The SMILES string of the molecule is CN[C@H]1OB2OCC3=C2C(=C1c1ccccc1)C=COC3. The smallest absolute Gasteiger partial charge is 0.496 e. The highest BCUT2D eigenvalue weighted by Crippen LogP contribution is 2.40. The molecule has 3 aliphatic heterocycles. The molecule has 1 aromatic carbocycles. The molecule has 3 heterocycles. The van der Waals surface area contributed by atoms with Gasteiger partial charge in [0.2, 0.25) is 0 Å². The molecule has 0 spiro atoms. The summed E-state index contributed by atoms with van der Waals surface area (Å²) >= 11 is 0. The van der Waals surface area contributed by atoms with Crippen LogP contribution in [0.3, 0.4) is 0 Å². The lowest BCUT2D eigenvalue weighted by molar-refractivity contribution is 0.167. The first-order chi connectivity index (χ1) is 10.4. The lowest BCUT2D eigenvalue weighted by Crippen LogP contribution is -2.41. The van der Waals surface area contributed by atoms with Gasteiger partial charge in [-0.25, -0.2) is 0 Å². The minimum atomic E-state index is -0.300. The van der Waals surface area contributed by atoms with Crippen LogP contribution in [-0.2, 0) is 14.0 Å². The first-order valence-electron chi connectivity index (χ1n) is 7.13. The zero-order valence-corrected chi connectivity index (χ0v) is 11.8. The molecular formula is C16H16BNO3. The largest absolute Gasteiger partial charge is 0.497 e. The predicted molar refractivity (Wildman–Crippen MR) is 81.1 cm³/mol. The summed E-state index contributed by atoms with van der Waals surface area (Å²) in [6, 6.07) is 10.3. The standard InChI is InChI=1S/C16H16BNO3/c1-18-16-14(11-5-3-2-4-6-11)13-7-8-19-9-12-10-20-17(21-16)15(12)13/h2-8,16,18H,9-10H2,1H3/t16-/m0/s1. The van der Waals surface area contributed by atoms with E-state index in [1.54, 1.807) is 6.26 Å². The molecule has 0 saturated carbocycles. The number of benzene rings is 1. The Morgan fingerprint density at radius 1 is 1.19 bits per heavy atom. The maximum Gasteiger partial charge on any atom is 0.496 e. The van der Waals surface area contributed by atoms with Crippen LogP contribution < -0.4 is 5.32 Å². The van der Waals surface area contributed by atoms with Crippen LogP contribution in [-0.4, -0.2) is 33.6 Å². The van der Waals surface area contributed by atoms with Gasteiger partial charge in [-0.15, -0.1) is 0 Å². The number of ether oxygens (including phenoxy) is 1. The molecule has 0 bridgehead atoms. The van der Waals surface area contributed by atoms with E-state index in [9.17, 15) is 0 Å². The first-order valence-corrected chi connectivity index (χ1v) is 7.13. The average molecular weight is 281 g/mol. The number of hydrogen-bond acceptors (Lipinski definition) is 4. The summed E-state index contributed by atoms with van der Waals surface area (Å²) in [4.78, 5) is 0. The highest BCUT2D eigenvalue weighted by atomic mass is 16.6. The molecule has 5 heteroatoms. The first kappa shape index (κ1) is 12.9. The van der Waals surface area contributed by atoms with Crippen LogP contribution in [0.5, 0.6) is 0 Å². The van der Waals surface area contributed by atoms with Crippen LogP contribution in [0.2, 0.25) is 0 Å². The van der Waals surface area contributed by atoms with Crippen LogP contribution in [0, 0.1) is 0 Å². The summed E-state index contributed by atoms with van der Waals surface area (Å²) in [6.45, 7) is 1.14. The van der Waals surface area contributed by atoms with Gasteiger partial charge in [-0.2, -0.15) is 0 Å². The molecule has 0 fully saturated rings. The predicted octanol–water partition coefficient (Wildman–Crippen LogP) is 1.91. The number of nitrogens with one attached hydrogen (secondary N) is 1. The van der Waals surface area contributed by atoms with E-state index in [0.717, 1.165) is 22.2 Å². The van der Waals surface area contributed by atoms with Crippen molar-refractivity contribution in [3.8, 4) is 0 Å². The van der Waals surface area contributed by atoms with Gasteiger partial charge in [0.15, 0.2) is 0 Å². The van der Waals surface area contributed by atoms with Crippen molar-refractivity contribution in [3.05, 3.63) is 64.9 Å². The van der Waals surface area contributed by atoms with E-state index in [0.29, 0.717) is 13.2 Å². The molecule has 0 aromatic heterocycles. The fourth-order valence-electron chi connectivity index (χ4n) is 3.11. The van der Waals surface area contributed by atoms with Gasteiger partial charge in [-0.3, -0.25) is 5.32 Å². The third-order valence-electron chi connectivity index (χ3n) is 4.06. The molecule has 4 rings (SSSR count). The summed E-state index contributed by atoms with van der Waals surface area (Å²) in [7, 11) is 1.60. The second-order valence-electron chi connectivity index (χ2n) is 5.27. The molecular weight excluding hydrogens is 265 g/mol. The number of allylic oxidation sites excluding steroid dienone is 3. The quantitative estimate of drug-likeness (QED) is 0.841. The van der Waals surface area contributed by atoms with E-state index in [4.69, 9.17) is 14.0 Å². The second-order valence-corrected chi connectivity index (χ2v) is 5.27. The Hall–Kier alpha value is -1.82. The third kappa shape index (κ3) is 2.05. The highest BCUT2D eigenvalue weighted by Gasteiger charge is 2.43. The van der Waals surface area contributed by atoms with Gasteiger partial charge >= 0.3 is 7.12 Å². The van der Waals surface area contributed by atoms with Crippen molar-refractivity contribution in [1.82, 2.24) is 5.32 Å². The molecule has 21 heavy (non-hydrogen) atoms. The molecule has 0 amide bonds. The van der Waals surface area contributed by atoms with Gasteiger partial charge in [0.05, 0.1) is 12.9 Å². The fraction of sp³-hybridized carbons (Fsp3) is 0.250. The van der Waals surface area contributed by atoms with Crippen LogP contribution in [0.25, 0.3) is 5.57 Å². The summed E-state index contributed by atoms with van der Waals surface area (Å²) in [6.07, 6.45) is 3.60. The molecule has 106 valence electrons. The molecule has 3 aliphatic rings.